The van der Waals surface area contributed by atoms with E-state index < -0.39 is 12.0 Å². The first-order chi connectivity index (χ1) is 8.99. The molecule has 0 aliphatic rings. The van der Waals surface area contributed by atoms with Crippen molar-refractivity contribution < 1.29 is 23.5 Å². The molecule has 106 valence electrons. The Kier molecular flexibility index (Phi) is 5.57. The maximum Gasteiger partial charge on any atom is 0.373 e. The van der Waals surface area contributed by atoms with E-state index in [1.807, 2.05) is 13.8 Å². The van der Waals surface area contributed by atoms with E-state index >= 15 is 0 Å². The predicted octanol–water partition coefficient (Wildman–Crippen LogP) is 1.35. The lowest BCUT2D eigenvalue weighted by Crippen LogP contribution is -2.41. The van der Waals surface area contributed by atoms with E-state index in [0.717, 1.165) is 0 Å². The third-order valence-corrected chi connectivity index (χ3v) is 2.67. The number of esters is 2. The van der Waals surface area contributed by atoms with Gasteiger partial charge in [0, 0.05) is 0 Å². The van der Waals surface area contributed by atoms with Gasteiger partial charge in [-0.05, 0) is 18.1 Å². The molecule has 1 aromatic rings. The van der Waals surface area contributed by atoms with Gasteiger partial charge in [-0.2, -0.15) is 0 Å². The largest absolute Gasteiger partial charge is 0.468 e. The zero-order valence-corrected chi connectivity index (χ0v) is 11.6. The van der Waals surface area contributed by atoms with E-state index in [4.69, 9.17) is 9.15 Å². The average molecular weight is 269 g/mol. The zero-order chi connectivity index (χ0) is 14.4. The van der Waals surface area contributed by atoms with Crippen molar-refractivity contribution in [3.05, 3.63) is 23.7 Å². The van der Waals surface area contributed by atoms with Crippen molar-refractivity contribution in [1.29, 1.82) is 0 Å². The number of hydrogen-bond donors (Lipinski definition) is 1. The second-order valence-corrected chi connectivity index (χ2v) is 4.38. The van der Waals surface area contributed by atoms with Crippen molar-refractivity contribution in [2.45, 2.75) is 26.4 Å². The number of hydrogen-bond acceptors (Lipinski definition) is 6. The standard InChI is InChI=1S/C13H19NO5/c1-8(2)11(13(16)18-4)14-7-9-5-6-10(19-9)12(15)17-3/h5-6,8,11,14H,7H2,1-4H3/t11-/m0/s1. The Morgan fingerprint density at radius 3 is 2.47 bits per heavy atom. The van der Waals surface area contributed by atoms with Crippen molar-refractivity contribution in [1.82, 2.24) is 5.32 Å². The molecule has 0 unspecified atom stereocenters. The van der Waals surface area contributed by atoms with Gasteiger partial charge in [-0.3, -0.25) is 10.1 Å². The predicted molar refractivity (Wildman–Crippen MR) is 67.5 cm³/mol. The van der Waals surface area contributed by atoms with Gasteiger partial charge in [0.25, 0.3) is 0 Å². The van der Waals surface area contributed by atoms with Gasteiger partial charge in [-0.15, -0.1) is 0 Å². The van der Waals surface area contributed by atoms with Gasteiger partial charge in [0.2, 0.25) is 5.76 Å². The molecule has 6 nitrogen and oxygen atoms in total. The van der Waals surface area contributed by atoms with Gasteiger partial charge >= 0.3 is 11.9 Å². The second kappa shape index (κ2) is 6.94. The highest BCUT2D eigenvalue weighted by Crippen LogP contribution is 2.10. The monoisotopic (exact) mass is 269 g/mol. The molecular weight excluding hydrogens is 250 g/mol. The molecule has 0 bridgehead atoms. The Hall–Kier alpha value is -1.82. The van der Waals surface area contributed by atoms with E-state index in [0.29, 0.717) is 12.3 Å². The van der Waals surface area contributed by atoms with Crippen molar-refractivity contribution in [3.63, 3.8) is 0 Å². The third kappa shape index (κ3) is 4.10. The van der Waals surface area contributed by atoms with Crippen LogP contribution in [0.4, 0.5) is 0 Å². The summed E-state index contributed by atoms with van der Waals surface area (Å²) in [7, 11) is 2.64. The first kappa shape index (κ1) is 15.2. The summed E-state index contributed by atoms with van der Waals surface area (Å²) in [5, 5.41) is 3.04. The minimum atomic E-state index is -0.528. The molecule has 1 N–H and O–H groups in total. The van der Waals surface area contributed by atoms with Gasteiger partial charge < -0.3 is 13.9 Å². The van der Waals surface area contributed by atoms with Crippen molar-refractivity contribution in [2.75, 3.05) is 14.2 Å². The maximum absolute atomic E-state index is 11.5. The molecule has 1 rings (SSSR count). The van der Waals surface area contributed by atoms with E-state index in [1.165, 1.54) is 20.3 Å². The minimum absolute atomic E-state index is 0.0856. The first-order valence-electron chi connectivity index (χ1n) is 5.97. The summed E-state index contributed by atoms with van der Waals surface area (Å²) < 4.78 is 14.5. The summed E-state index contributed by atoms with van der Waals surface area (Å²) in [6.45, 7) is 4.15. The number of rotatable bonds is 6. The summed E-state index contributed by atoms with van der Waals surface area (Å²) in [6, 6.07) is 2.77. The zero-order valence-electron chi connectivity index (χ0n) is 11.6. The van der Waals surface area contributed by atoms with Crippen LogP contribution in [-0.4, -0.2) is 32.2 Å². The van der Waals surface area contributed by atoms with Crippen LogP contribution in [0.25, 0.3) is 0 Å². The Morgan fingerprint density at radius 2 is 1.95 bits per heavy atom. The summed E-state index contributed by atoms with van der Waals surface area (Å²) >= 11 is 0. The number of carbonyl (C=O) groups excluding carboxylic acids is 2. The van der Waals surface area contributed by atoms with Crippen LogP contribution in [0.15, 0.2) is 16.5 Å². The van der Waals surface area contributed by atoms with Crippen LogP contribution < -0.4 is 5.32 Å². The molecule has 0 saturated heterocycles. The molecule has 0 amide bonds. The van der Waals surface area contributed by atoms with Crippen molar-refractivity contribution in [2.24, 2.45) is 5.92 Å². The third-order valence-electron chi connectivity index (χ3n) is 2.67. The molecule has 0 aliphatic heterocycles. The topological polar surface area (TPSA) is 77.8 Å². The quantitative estimate of drug-likeness (QED) is 0.785. The Balaban J connectivity index is 2.62. The molecule has 0 saturated carbocycles. The summed E-state index contributed by atoms with van der Waals surface area (Å²) in [5.41, 5.74) is 0. The highest BCUT2D eigenvalue weighted by Gasteiger charge is 2.22. The summed E-state index contributed by atoms with van der Waals surface area (Å²) in [6.07, 6.45) is 0. The molecule has 6 heteroatoms. The van der Waals surface area contributed by atoms with Gasteiger partial charge in [-0.1, -0.05) is 13.8 Å². The summed E-state index contributed by atoms with van der Waals surface area (Å²) in [4.78, 5) is 22.8. The SMILES string of the molecule is COC(=O)c1ccc(CN[C@H](C(=O)OC)C(C)C)o1. The van der Waals surface area contributed by atoms with Crippen LogP contribution in [0, 0.1) is 5.92 Å². The van der Waals surface area contributed by atoms with Gasteiger partial charge in [0.1, 0.15) is 11.8 Å². The lowest BCUT2D eigenvalue weighted by molar-refractivity contribution is -0.144. The van der Waals surface area contributed by atoms with E-state index in [9.17, 15) is 9.59 Å². The number of carbonyl (C=O) groups is 2. The van der Waals surface area contributed by atoms with E-state index in [-0.39, 0.29) is 17.6 Å². The molecule has 0 aliphatic carbocycles. The Bertz CT molecular complexity index is 438. The van der Waals surface area contributed by atoms with E-state index in [2.05, 4.69) is 10.1 Å². The molecule has 1 aromatic heterocycles. The van der Waals surface area contributed by atoms with Crippen LogP contribution in [0.1, 0.15) is 30.2 Å². The molecular formula is C13H19NO5. The molecule has 1 atom stereocenters. The molecule has 1 heterocycles. The Labute approximate surface area is 112 Å². The summed E-state index contributed by atoms with van der Waals surface area (Å²) in [5.74, 6) is -0.0784. The highest BCUT2D eigenvalue weighted by molar-refractivity contribution is 5.86. The highest BCUT2D eigenvalue weighted by atomic mass is 16.5. The number of nitrogens with one attached hydrogen (secondary N) is 1. The average Bonchev–Trinajstić information content (AvgIpc) is 2.86. The molecule has 0 spiro atoms. The van der Waals surface area contributed by atoms with Crippen LogP contribution in [-0.2, 0) is 20.8 Å². The fourth-order valence-electron chi connectivity index (χ4n) is 1.61. The van der Waals surface area contributed by atoms with Crippen LogP contribution in [0.5, 0.6) is 0 Å². The molecule has 0 fully saturated rings. The first-order valence-corrected chi connectivity index (χ1v) is 5.97. The number of furan rings is 1. The van der Waals surface area contributed by atoms with E-state index in [1.54, 1.807) is 6.07 Å². The van der Waals surface area contributed by atoms with Crippen molar-refractivity contribution in [3.8, 4) is 0 Å². The maximum atomic E-state index is 11.5. The molecule has 0 radical (unpaired) electrons. The Morgan fingerprint density at radius 1 is 1.26 bits per heavy atom. The van der Waals surface area contributed by atoms with Crippen LogP contribution >= 0.6 is 0 Å². The second-order valence-electron chi connectivity index (χ2n) is 4.38. The normalized spacial score (nSPS) is 12.3. The van der Waals surface area contributed by atoms with Gasteiger partial charge in [-0.25, -0.2) is 4.79 Å². The van der Waals surface area contributed by atoms with Crippen LogP contribution in [0.3, 0.4) is 0 Å². The van der Waals surface area contributed by atoms with Crippen molar-refractivity contribution >= 4 is 11.9 Å². The molecule has 19 heavy (non-hydrogen) atoms. The molecule has 0 aromatic carbocycles. The lowest BCUT2D eigenvalue weighted by Gasteiger charge is -2.19. The number of methoxy groups -OCH3 is 2. The lowest BCUT2D eigenvalue weighted by atomic mass is 10.0. The number of ether oxygens (including phenoxy) is 2. The minimum Gasteiger partial charge on any atom is -0.468 e. The smallest absolute Gasteiger partial charge is 0.373 e. The fraction of sp³-hybridized carbons (Fsp3) is 0.538. The van der Waals surface area contributed by atoms with Gasteiger partial charge in [0.05, 0.1) is 20.8 Å². The van der Waals surface area contributed by atoms with Gasteiger partial charge in [0.15, 0.2) is 0 Å². The van der Waals surface area contributed by atoms with Crippen LogP contribution in [0.2, 0.25) is 0 Å². The fourth-order valence-corrected chi connectivity index (χ4v) is 1.61.